The average Bonchev–Trinajstić information content (AvgIpc) is 2.26. The van der Waals surface area contributed by atoms with E-state index in [9.17, 15) is 13.6 Å². The van der Waals surface area contributed by atoms with Crippen LogP contribution in [0, 0.1) is 11.3 Å². The molecule has 0 bridgehead atoms. The van der Waals surface area contributed by atoms with Crippen molar-refractivity contribution >= 4 is 5.97 Å². The SMILES string of the molecule is CCc1cc(C(F)F)c(C#N)cc1C(=O)O. The van der Waals surface area contributed by atoms with Crippen LogP contribution in [0.5, 0.6) is 0 Å². The van der Waals surface area contributed by atoms with Gasteiger partial charge in [-0.25, -0.2) is 13.6 Å². The quantitative estimate of drug-likeness (QED) is 0.860. The molecule has 1 rings (SSSR count). The fourth-order valence-corrected chi connectivity index (χ4v) is 1.43. The van der Waals surface area contributed by atoms with E-state index in [1.54, 1.807) is 13.0 Å². The fraction of sp³-hybridized carbons (Fsp3) is 0.273. The molecule has 0 radical (unpaired) electrons. The third kappa shape index (κ3) is 2.16. The number of benzene rings is 1. The standard InChI is InChI=1S/C11H9F2NO2/c1-2-6-3-8(10(12)13)7(5-14)4-9(6)11(15)16/h3-4,10H,2H2,1H3,(H,15,16). The average molecular weight is 225 g/mol. The Bertz CT molecular complexity index is 464. The minimum atomic E-state index is -2.78. The molecule has 16 heavy (non-hydrogen) atoms. The molecule has 0 spiro atoms. The van der Waals surface area contributed by atoms with E-state index in [1.165, 1.54) is 0 Å². The summed E-state index contributed by atoms with van der Waals surface area (Å²) in [6.07, 6.45) is -2.45. The van der Waals surface area contributed by atoms with E-state index in [4.69, 9.17) is 10.4 Å². The number of carbonyl (C=O) groups is 1. The van der Waals surface area contributed by atoms with Crippen molar-refractivity contribution in [3.8, 4) is 6.07 Å². The van der Waals surface area contributed by atoms with Gasteiger partial charge in [-0.1, -0.05) is 6.92 Å². The summed E-state index contributed by atoms with van der Waals surface area (Å²) in [7, 11) is 0. The molecule has 0 aliphatic heterocycles. The van der Waals surface area contributed by atoms with Crippen LogP contribution in [0.2, 0.25) is 0 Å². The third-order valence-electron chi connectivity index (χ3n) is 2.24. The van der Waals surface area contributed by atoms with Crippen LogP contribution >= 0.6 is 0 Å². The van der Waals surface area contributed by atoms with Crippen LogP contribution in [0.25, 0.3) is 0 Å². The molecule has 0 unspecified atom stereocenters. The molecule has 0 amide bonds. The zero-order chi connectivity index (χ0) is 12.3. The van der Waals surface area contributed by atoms with Crippen molar-refractivity contribution in [2.45, 2.75) is 19.8 Å². The molecule has 0 fully saturated rings. The van der Waals surface area contributed by atoms with Gasteiger partial charge in [0.25, 0.3) is 6.43 Å². The molecule has 0 aromatic heterocycles. The van der Waals surface area contributed by atoms with E-state index in [0.29, 0.717) is 12.0 Å². The zero-order valence-electron chi connectivity index (χ0n) is 8.50. The summed E-state index contributed by atoms with van der Waals surface area (Å²) in [5.41, 5.74) is -0.487. The highest BCUT2D eigenvalue weighted by Crippen LogP contribution is 2.26. The largest absolute Gasteiger partial charge is 0.478 e. The molecule has 0 aliphatic carbocycles. The number of hydrogen-bond donors (Lipinski definition) is 1. The van der Waals surface area contributed by atoms with Crippen LogP contribution in [0.3, 0.4) is 0 Å². The van der Waals surface area contributed by atoms with Gasteiger partial charge in [-0.05, 0) is 24.1 Å². The summed E-state index contributed by atoms with van der Waals surface area (Å²) in [4.78, 5) is 10.8. The zero-order valence-corrected chi connectivity index (χ0v) is 8.50. The monoisotopic (exact) mass is 225 g/mol. The molecule has 0 atom stereocenters. The lowest BCUT2D eigenvalue weighted by Gasteiger charge is -2.08. The van der Waals surface area contributed by atoms with E-state index >= 15 is 0 Å². The number of carboxylic acids is 1. The molecule has 5 heteroatoms. The van der Waals surface area contributed by atoms with Gasteiger partial charge < -0.3 is 5.11 Å². The number of nitrogens with zero attached hydrogens (tertiary/aromatic N) is 1. The Hall–Kier alpha value is -1.96. The number of halogens is 2. The second kappa shape index (κ2) is 4.71. The highest BCUT2D eigenvalue weighted by Gasteiger charge is 2.18. The van der Waals surface area contributed by atoms with Gasteiger partial charge in [-0.15, -0.1) is 0 Å². The first-order valence-electron chi connectivity index (χ1n) is 4.59. The lowest BCUT2D eigenvalue weighted by Crippen LogP contribution is -2.05. The number of aromatic carboxylic acids is 1. The van der Waals surface area contributed by atoms with Crippen LogP contribution in [-0.2, 0) is 6.42 Å². The summed E-state index contributed by atoms with van der Waals surface area (Å²) in [5.74, 6) is -1.21. The molecule has 0 heterocycles. The van der Waals surface area contributed by atoms with Crippen molar-refractivity contribution in [2.24, 2.45) is 0 Å². The maximum absolute atomic E-state index is 12.6. The van der Waals surface area contributed by atoms with Gasteiger partial charge in [-0.2, -0.15) is 5.26 Å². The molecule has 3 nitrogen and oxygen atoms in total. The van der Waals surface area contributed by atoms with Gasteiger partial charge in [0, 0.05) is 5.56 Å². The van der Waals surface area contributed by atoms with E-state index in [0.717, 1.165) is 12.1 Å². The summed E-state index contributed by atoms with van der Waals surface area (Å²) in [6.45, 7) is 1.67. The van der Waals surface area contributed by atoms with Gasteiger partial charge in [-0.3, -0.25) is 0 Å². The number of aryl methyl sites for hydroxylation is 1. The van der Waals surface area contributed by atoms with Crippen molar-refractivity contribution in [2.75, 3.05) is 0 Å². The normalized spacial score (nSPS) is 10.2. The maximum Gasteiger partial charge on any atom is 0.336 e. The molecule has 0 aliphatic rings. The summed E-state index contributed by atoms with van der Waals surface area (Å²) < 4.78 is 25.1. The van der Waals surface area contributed by atoms with Gasteiger partial charge in [0.2, 0.25) is 0 Å². The number of hydrogen-bond acceptors (Lipinski definition) is 2. The van der Waals surface area contributed by atoms with Crippen LogP contribution in [-0.4, -0.2) is 11.1 Å². The van der Waals surface area contributed by atoms with Crippen LogP contribution in [0.4, 0.5) is 8.78 Å². The van der Waals surface area contributed by atoms with Gasteiger partial charge in [0.05, 0.1) is 17.2 Å². The molecule has 0 saturated heterocycles. The molecule has 84 valence electrons. The lowest BCUT2D eigenvalue weighted by atomic mass is 9.97. The molecule has 0 saturated carbocycles. The first kappa shape index (κ1) is 12.1. The second-order valence-corrected chi connectivity index (χ2v) is 3.17. The Labute approximate surface area is 90.9 Å². The van der Waals surface area contributed by atoms with E-state index in [-0.39, 0.29) is 11.1 Å². The van der Waals surface area contributed by atoms with Crippen molar-refractivity contribution < 1.29 is 18.7 Å². The van der Waals surface area contributed by atoms with Gasteiger partial charge in [0.1, 0.15) is 0 Å². The van der Waals surface area contributed by atoms with Crippen molar-refractivity contribution in [3.63, 3.8) is 0 Å². The Morgan fingerprint density at radius 2 is 2.19 bits per heavy atom. The van der Waals surface area contributed by atoms with Crippen molar-refractivity contribution in [3.05, 3.63) is 34.4 Å². The Kier molecular flexibility index (Phi) is 3.56. The predicted molar refractivity (Wildman–Crippen MR) is 52.5 cm³/mol. The highest BCUT2D eigenvalue weighted by atomic mass is 19.3. The van der Waals surface area contributed by atoms with Crippen LogP contribution in [0.1, 0.15) is 40.4 Å². The summed E-state index contributed by atoms with van der Waals surface area (Å²) in [6, 6.07) is 3.67. The Balaban J connectivity index is 3.48. The van der Waals surface area contributed by atoms with Gasteiger partial charge >= 0.3 is 5.97 Å². The van der Waals surface area contributed by atoms with Crippen molar-refractivity contribution in [1.29, 1.82) is 5.26 Å². The van der Waals surface area contributed by atoms with Gasteiger partial charge in [0.15, 0.2) is 0 Å². The number of carboxylic acid groups (broad SMARTS) is 1. The number of rotatable bonds is 3. The van der Waals surface area contributed by atoms with E-state index in [2.05, 4.69) is 0 Å². The smallest absolute Gasteiger partial charge is 0.336 e. The molecular weight excluding hydrogens is 216 g/mol. The van der Waals surface area contributed by atoms with E-state index < -0.39 is 18.0 Å². The predicted octanol–water partition coefficient (Wildman–Crippen LogP) is 2.76. The van der Waals surface area contributed by atoms with Crippen LogP contribution < -0.4 is 0 Å². The molecule has 1 aromatic rings. The molecule has 1 aromatic carbocycles. The minimum absolute atomic E-state index is 0.0940. The first-order valence-corrected chi connectivity index (χ1v) is 4.59. The minimum Gasteiger partial charge on any atom is -0.478 e. The number of nitriles is 1. The second-order valence-electron chi connectivity index (χ2n) is 3.17. The Morgan fingerprint density at radius 3 is 2.56 bits per heavy atom. The fourth-order valence-electron chi connectivity index (χ4n) is 1.43. The molecule has 1 N–H and O–H groups in total. The third-order valence-corrected chi connectivity index (χ3v) is 2.24. The molecular formula is C11H9F2NO2. The highest BCUT2D eigenvalue weighted by molar-refractivity contribution is 5.90. The van der Waals surface area contributed by atoms with Crippen LogP contribution in [0.15, 0.2) is 12.1 Å². The summed E-state index contributed by atoms with van der Waals surface area (Å²) >= 11 is 0. The topological polar surface area (TPSA) is 61.1 Å². The van der Waals surface area contributed by atoms with E-state index in [1.807, 2.05) is 0 Å². The number of alkyl halides is 2. The maximum atomic E-state index is 12.6. The Morgan fingerprint density at radius 1 is 1.56 bits per heavy atom. The first-order chi connectivity index (χ1) is 7.51. The lowest BCUT2D eigenvalue weighted by molar-refractivity contribution is 0.0695. The van der Waals surface area contributed by atoms with Crippen molar-refractivity contribution in [1.82, 2.24) is 0 Å². The summed E-state index contributed by atoms with van der Waals surface area (Å²) in [5, 5.41) is 17.5.